The largest absolute Gasteiger partial charge is 0.493 e. The Kier molecular flexibility index (Phi) is 5.94. The zero-order chi connectivity index (χ0) is 20.1. The molecule has 0 spiro atoms. The van der Waals surface area contributed by atoms with Gasteiger partial charge in [0.1, 0.15) is 5.75 Å². The monoisotopic (exact) mass is 389 g/mol. The van der Waals surface area contributed by atoms with Gasteiger partial charge < -0.3 is 9.64 Å². The van der Waals surface area contributed by atoms with Gasteiger partial charge in [-0.1, -0.05) is 36.8 Å². The third-order valence-electron chi connectivity index (χ3n) is 5.42. The van der Waals surface area contributed by atoms with Crippen LogP contribution in [-0.4, -0.2) is 41.2 Å². The molecule has 0 aliphatic carbocycles. The van der Waals surface area contributed by atoms with Crippen LogP contribution in [0.3, 0.4) is 0 Å². The van der Waals surface area contributed by atoms with E-state index in [0.29, 0.717) is 6.61 Å². The maximum atomic E-state index is 12.6. The highest BCUT2D eigenvalue weighted by atomic mass is 16.5. The molecule has 0 saturated carbocycles. The molecule has 29 heavy (non-hydrogen) atoms. The Bertz CT molecular complexity index is 965. The third-order valence-corrected chi connectivity index (χ3v) is 5.42. The molecule has 0 atom stereocenters. The van der Waals surface area contributed by atoms with E-state index in [4.69, 9.17) is 4.74 Å². The van der Waals surface area contributed by atoms with Gasteiger partial charge in [-0.05, 0) is 49.1 Å². The predicted molar refractivity (Wildman–Crippen MR) is 114 cm³/mol. The van der Waals surface area contributed by atoms with Crippen LogP contribution >= 0.6 is 0 Å². The normalized spacial score (nSPS) is 12.4. The summed E-state index contributed by atoms with van der Waals surface area (Å²) in [7, 11) is 1.88. The molecule has 0 radical (unpaired) electrons. The number of carbonyl (C=O) groups excluding carboxylic acids is 1. The molecule has 0 bridgehead atoms. The minimum atomic E-state index is 0.0840. The second-order valence-corrected chi connectivity index (χ2v) is 7.60. The fraction of sp³-hybridized carbons (Fsp3) is 0.333. The summed E-state index contributed by atoms with van der Waals surface area (Å²) in [5, 5.41) is 7.55. The van der Waals surface area contributed by atoms with Crippen LogP contribution in [0, 0.1) is 0 Å². The molecule has 1 N–H and O–H groups in total. The number of rotatable bonds is 8. The van der Waals surface area contributed by atoms with E-state index in [1.54, 1.807) is 0 Å². The SMILES string of the molecule is CN(CCCCCc1cc(-c2ccccc2)n[nH]1)C(=O)c1ccc2c(c1)CCO2. The topological polar surface area (TPSA) is 58.2 Å². The molecule has 0 unspecified atom stereocenters. The van der Waals surface area contributed by atoms with Gasteiger partial charge in [-0.2, -0.15) is 5.10 Å². The van der Waals surface area contributed by atoms with Crippen molar-refractivity contribution in [2.24, 2.45) is 0 Å². The quantitative estimate of drug-likeness (QED) is 0.577. The Balaban J connectivity index is 1.20. The van der Waals surface area contributed by atoms with Gasteiger partial charge in [-0.25, -0.2) is 0 Å². The molecule has 2 aromatic carbocycles. The number of carbonyl (C=O) groups is 1. The molecule has 1 aromatic heterocycles. The van der Waals surface area contributed by atoms with Crippen molar-refractivity contribution in [3.05, 3.63) is 71.4 Å². The molecule has 1 amide bonds. The van der Waals surface area contributed by atoms with E-state index < -0.39 is 0 Å². The first kappa shape index (κ1) is 19.2. The molecule has 150 valence electrons. The lowest BCUT2D eigenvalue weighted by Crippen LogP contribution is -2.27. The van der Waals surface area contributed by atoms with Crippen molar-refractivity contribution in [1.29, 1.82) is 0 Å². The van der Waals surface area contributed by atoms with Crippen LogP contribution in [0.15, 0.2) is 54.6 Å². The molecule has 5 nitrogen and oxygen atoms in total. The summed E-state index contributed by atoms with van der Waals surface area (Å²) in [4.78, 5) is 14.5. The smallest absolute Gasteiger partial charge is 0.253 e. The van der Waals surface area contributed by atoms with Gasteiger partial charge in [0, 0.05) is 36.8 Å². The lowest BCUT2D eigenvalue weighted by Gasteiger charge is -2.17. The Labute approximate surface area is 171 Å². The highest BCUT2D eigenvalue weighted by molar-refractivity contribution is 5.94. The zero-order valence-corrected chi connectivity index (χ0v) is 16.9. The number of aryl methyl sites for hydroxylation is 1. The summed E-state index contributed by atoms with van der Waals surface area (Å²) in [6, 6.07) is 18.1. The van der Waals surface area contributed by atoms with Crippen molar-refractivity contribution in [2.75, 3.05) is 20.2 Å². The standard InChI is InChI=1S/C24H27N3O2/c1-27(24(28)20-11-12-23-19(16-20)13-15-29-23)14-7-3-6-10-21-17-22(26-25-21)18-8-4-2-5-9-18/h2,4-5,8-9,11-12,16-17H,3,6-7,10,13-15H2,1H3,(H,25,26). The lowest BCUT2D eigenvalue weighted by atomic mass is 10.1. The van der Waals surface area contributed by atoms with E-state index in [1.807, 2.05) is 48.3 Å². The van der Waals surface area contributed by atoms with E-state index in [0.717, 1.165) is 72.5 Å². The number of H-pyrrole nitrogens is 1. The minimum absolute atomic E-state index is 0.0840. The van der Waals surface area contributed by atoms with Crippen LogP contribution in [0.5, 0.6) is 5.75 Å². The molecule has 4 rings (SSSR count). The number of aromatic amines is 1. The van der Waals surface area contributed by atoms with Crippen molar-refractivity contribution in [2.45, 2.75) is 32.1 Å². The van der Waals surface area contributed by atoms with Crippen molar-refractivity contribution in [3.63, 3.8) is 0 Å². The fourth-order valence-corrected chi connectivity index (χ4v) is 3.73. The van der Waals surface area contributed by atoms with Gasteiger partial charge in [-0.15, -0.1) is 0 Å². The Hall–Kier alpha value is -3.08. The summed E-state index contributed by atoms with van der Waals surface area (Å²) >= 11 is 0. The second-order valence-electron chi connectivity index (χ2n) is 7.60. The molecule has 1 aliphatic rings. The number of amides is 1. The number of unbranched alkanes of at least 4 members (excludes halogenated alkanes) is 2. The number of benzene rings is 2. The van der Waals surface area contributed by atoms with E-state index in [1.165, 1.54) is 0 Å². The summed E-state index contributed by atoms with van der Waals surface area (Å²) in [6.45, 7) is 1.48. The average Bonchev–Trinajstić information content (AvgIpc) is 3.42. The molecule has 0 saturated heterocycles. The number of fused-ring (bicyclic) bond motifs is 1. The fourth-order valence-electron chi connectivity index (χ4n) is 3.73. The number of nitrogens with one attached hydrogen (secondary N) is 1. The van der Waals surface area contributed by atoms with Crippen LogP contribution < -0.4 is 4.74 Å². The van der Waals surface area contributed by atoms with Gasteiger partial charge in [0.25, 0.3) is 5.91 Å². The summed E-state index contributed by atoms with van der Waals surface area (Å²) < 4.78 is 5.52. The first-order valence-electron chi connectivity index (χ1n) is 10.3. The predicted octanol–water partition coefficient (Wildman–Crippen LogP) is 4.50. The number of hydrogen-bond donors (Lipinski definition) is 1. The van der Waals surface area contributed by atoms with Crippen molar-refractivity contribution >= 4 is 5.91 Å². The van der Waals surface area contributed by atoms with Crippen LogP contribution in [0.1, 0.15) is 40.9 Å². The van der Waals surface area contributed by atoms with Gasteiger partial charge >= 0.3 is 0 Å². The first-order valence-corrected chi connectivity index (χ1v) is 10.3. The number of ether oxygens (including phenoxy) is 1. The van der Waals surface area contributed by atoms with Crippen LogP contribution in [0.4, 0.5) is 0 Å². The highest BCUT2D eigenvalue weighted by Crippen LogP contribution is 2.26. The van der Waals surface area contributed by atoms with Crippen molar-refractivity contribution < 1.29 is 9.53 Å². The Morgan fingerprint density at radius 1 is 1.10 bits per heavy atom. The molecule has 0 fully saturated rings. The van der Waals surface area contributed by atoms with E-state index >= 15 is 0 Å². The van der Waals surface area contributed by atoms with E-state index in [2.05, 4.69) is 28.4 Å². The summed E-state index contributed by atoms with van der Waals surface area (Å²) in [6.07, 6.45) is 5.02. The van der Waals surface area contributed by atoms with Crippen LogP contribution in [-0.2, 0) is 12.8 Å². The van der Waals surface area contributed by atoms with E-state index in [-0.39, 0.29) is 5.91 Å². The average molecular weight is 389 g/mol. The van der Waals surface area contributed by atoms with Crippen molar-refractivity contribution in [1.82, 2.24) is 15.1 Å². The lowest BCUT2D eigenvalue weighted by molar-refractivity contribution is 0.0792. The summed E-state index contributed by atoms with van der Waals surface area (Å²) in [5.41, 5.74) is 5.17. The Morgan fingerprint density at radius 3 is 2.83 bits per heavy atom. The highest BCUT2D eigenvalue weighted by Gasteiger charge is 2.17. The first-order chi connectivity index (χ1) is 14.2. The molecule has 2 heterocycles. The van der Waals surface area contributed by atoms with Gasteiger partial charge in [-0.3, -0.25) is 9.89 Å². The number of nitrogens with zero attached hydrogens (tertiary/aromatic N) is 2. The summed E-state index contributed by atoms with van der Waals surface area (Å²) in [5.74, 6) is 0.999. The maximum absolute atomic E-state index is 12.6. The molecule has 5 heteroatoms. The second kappa shape index (κ2) is 8.95. The van der Waals surface area contributed by atoms with E-state index in [9.17, 15) is 4.79 Å². The number of hydrogen-bond acceptors (Lipinski definition) is 3. The molecule has 3 aromatic rings. The Morgan fingerprint density at radius 2 is 1.97 bits per heavy atom. The molecule has 1 aliphatic heterocycles. The van der Waals surface area contributed by atoms with Crippen LogP contribution in [0.2, 0.25) is 0 Å². The molecular formula is C24H27N3O2. The maximum Gasteiger partial charge on any atom is 0.253 e. The van der Waals surface area contributed by atoms with Crippen molar-refractivity contribution in [3.8, 4) is 17.0 Å². The van der Waals surface area contributed by atoms with Gasteiger partial charge in [0.15, 0.2) is 0 Å². The molecular weight excluding hydrogens is 362 g/mol. The van der Waals surface area contributed by atoms with Gasteiger partial charge in [0.2, 0.25) is 0 Å². The minimum Gasteiger partial charge on any atom is -0.493 e. The number of aromatic nitrogens is 2. The van der Waals surface area contributed by atoms with Crippen LogP contribution in [0.25, 0.3) is 11.3 Å². The third kappa shape index (κ3) is 4.67. The zero-order valence-electron chi connectivity index (χ0n) is 16.9. The van der Waals surface area contributed by atoms with Gasteiger partial charge in [0.05, 0.1) is 12.3 Å².